The van der Waals surface area contributed by atoms with Gasteiger partial charge in [-0.3, -0.25) is 14.5 Å². The standard InChI is InChI=1S/C33H29F3N4O4S/c1-2-43-26-13-11-25(12-14-26)38-30(41)20-29-31(42)40(18-17-22-7-4-3-5-8-22)32(45-29)39-37-21-27-15-16-28(44-27)23-9-6-10-24(19-23)33(34,35)36/h3-16,19,21,29H,2,17-18,20H2,1H3,(H,38,41)/b37-21+,39-32-. The largest absolute Gasteiger partial charge is 0.494 e. The zero-order valence-corrected chi connectivity index (χ0v) is 25.0. The first kappa shape index (κ1) is 31.6. The third-order valence-electron chi connectivity index (χ3n) is 6.74. The van der Waals surface area contributed by atoms with Gasteiger partial charge in [-0.25, -0.2) is 0 Å². The minimum atomic E-state index is -4.47. The maximum absolute atomic E-state index is 13.4. The molecule has 2 heterocycles. The summed E-state index contributed by atoms with van der Waals surface area (Å²) in [4.78, 5) is 27.8. The lowest BCUT2D eigenvalue weighted by molar-refractivity contribution is -0.137. The van der Waals surface area contributed by atoms with Crippen molar-refractivity contribution in [2.24, 2.45) is 10.2 Å². The Hall–Kier alpha value is -4.84. The molecule has 4 aromatic rings. The van der Waals surface area contributed by atoms with Crippen LogP contribution in [0, 0.1) is 0 Å². The van der Waals surface area contributed by atoms with Gasteiger partial charge in [-0.05, 0) is 67.4 Å². The van der Waals surface area contributed by atoms with E-state index in [0.717, 1.165) is 29.5 Å². The molecule has 45 heavy (non-hydrogen) atoms. The summed E-state index contributed by atoms with van der Waals surface area (Å²) in [7, 11) is 0. The van der Waals surface area contributed by atoms with E-state index < -0.39 is 17.0 Å². The number of anilines is 1. The molecular formula is C33H29F3N4O4S. The van der Waals surface area contributed by atoms with Crippen LogP contribution < -0.4 is 10.1 Å². The van der Waals surface area contributed by atoms with Crippen molar-refractivity contribution in [1.82, 2.24) is 4.90 Å². The molecule has 1 aromatic heterocycles. The van der Waals surface area contributed by atoms with Gasteiger partial charge in [0.05, 0.1) is 18.4 Å². The van der Waals surface area contributed by atoms with Gasteiger partial charge in [-0.1, -0.05) is 54.2 Å². The Morgan fingerprint density at radius 2 is 1.82 bits per heavy atom. The molecule has 3 aromatic carbocycles. The second-order valence-electron chi connectivity index (χ2n) is 9.95. The molecule has 1 N–H and O–H groups in total. The number of carbonyl (C=O) groups is 2. The van der Waals surface area contributed by atoms with Gasteiger partial charge in [0, 0.05) is 24.2 Å². The Morgan fingerprint density at radius 1 is 1.04 bits per heavy atom. The minimum Gasteiger partial charge on any atom is -0.494 e. The lowest BCUT2D eigenvalue weighted by Crippen LogP contribution is -2.35. The molecule has 0 aliphatic carbocycles. The zero-order chi connectivity index (χ0) is 31.8. The van der Waals surface area contributed by atoms with E-state index in [1.807, 2.05) is 37.3 Å². The predicted molar refractivity (Wildman–Crippen MR) is 168 cm³/mol. The number of amidine groups is 1. The van der Waals surface area contributed by atoms with Gasteiger partial charge in [0.15, 0.2) is 5.17 Å². The predicted octanol–water partition coefficient (Wildman–Crippen LogP) is 7.27. The van der Waals surface area contributed by atoms with Crippen LogP contribution in [-0.2, 0) is 22.2 Å². The van der Waals surface area contributed by atoms with E-state index in [1.54, 1.807) is 36.4 Å². The Balaban J connectivity index is 1.28. The van der Waals surface area contributed by atoms with Gasteiger partial charge in [0.2, 0.25) is 11.8 Å². The molecule has 0 saturated carbocycles. The molecular weight excluding hydrogens is 605 g/mol. The van der Waals surface area contributed by atoms with Gasteiger partial charge in [-0.15, -0.1) is 5.10 Å². The van der Waals surface area contributed by atoms with Crippen LogP contribution in [0.5, 0.6) is 5.75 Å². The molecule has 1 aliphatic rings. The van der Waals surface area contributed by atoms with E-state index in [1.165, 1.54) is 23.2 Å². The highest BCUT2D eigenvalue weighted by Crippen LogP contribution is 2.33. The Kier molecular flexibility index (Phi) is 10.0. The number of halogens is 3. The van der Waals surface area contributed by atoms with Crippen LogP contribution in [-0.4, -0.2) is 46.5 Å². The summed E-state index contributed by atoms with van der Waals surface area (Å²) in [5, 5.41) is 10.8. The summed E-state index contributed by atoms with van der Waals surface area (Å²) < 4.78 is 50.5. The molecule has 8 nitrogen and oxygen atoms in total. The number of benzene rings is 3. The van der Waals surface area contributed by atoms with Gasteiger partial charge < -0.3 is 14.5 Å². The number of amides is 2. The molecule has 2 amide bonds. The fourth-order valence-corrected chi connectivity index (χ4v) is 5.67. The summed E-state index contributed by atoms with van der Waals surface area (Å²) in [6.45, 7) is 2.75. The molecule has 5 rings (SSSR count). The van der Waals surface area contributed by atoms with Gasteiger partial charge in [0.1, 0.15) is 22.5 Å². The number of rotatable bonds is 11. The number of carbonyl (C=O) groups excluding carboxylic acids is 2. The normalized spacial score (nSPS) is 16.1. The third-order valence-corrected chi connectivity index (χ3v) is 7.90. The molecule has 0 bridgehead atoms. The lowest BCUT2D eigenvalue weighted by Gasteiger charge is -2.15. The molecule has 232 valence electrons. The number of thioether (sulfide) groups is 1. The second-order valence-corrected chi connectivity index (χ2v) is 11.1. The summed E-state index contributed by atoms with van der Waals surface area (Å²) in [6, 6.07) is 24.6. The van der Waals surface area contributed by atoms with E-state index in [-0.39, 0.29) is 35.3 Å². The van der Waals surface area contributed by atoms with Gasteiger partial charge >= 0.3 is 6.18 Å². The maximum atomic E-state index is 13.4. The van der Waals surface area contributed by atoms with Crippen molar-refractivity contribution in [2.75, 3.05) is 18.5 Å². The van der Waals surface area contributed by atoms with Crippen molar-refractivity contribution < 1.29 is 31.9 Å². The molecule has 12 heteroatoms. The van der Waals surface area contributed by atoms with Crippen LogP contribution >= 0.6 is 11.8 Å². The smallest absolute Gasteiger partial charge is 0.416 e. The summed E-state index contributed by atoms with van der Waals surface area (Å²) in [5.74, 6) is 0.618. The minimum absolute atomic E-state index is 0.0696. The number of ether oxygens (including phenoxy) is 1. The highest BCUT2D eigenvalue weighted by molar-refractivity contribution is 8.15. The fraction of sp³-hybridized carbons (Fsp3) is 0.212. The van der Waals surface area contributed by atoms with Crippen molar-refractivity contribution in [3.63, 3.8) is 0 Å². The van der Waals surface area contributed by atoms with Crippen LogP contribution in [0.3, 0.4) is 0 Å². The number of furan rings is 1. The van der Waals surface area contributed by atoms with E-state index in [0.29, 0.717) is 36.2 Å². The molecule has 1 atom stereocenters. The van der Waals surface area contributed by atoms with Crippen molar-refractivity contribution >= 4 is 40.6 Å². The lowest BCUT2D eigenvalue weighted by atomic mass is 10.1. The van der Waals surface area contributed by atoms with Crippen LogP contribution in [0.1, 0.15) is 30.2 Å². The van der Waals surface area contributed by atoms with Crippen molar-refractivity contribution in [1.29, 1.82) is 0 Å². The Bertz CT molecular complexity index is 1690. The van der Waals surface area contributed by atoms with Crippen molar-refractivity contribution in [3.8, 4) is 17.1 Å². The molecule has 1 unspecified atom stereocenters. The maximum Gasteiger partial charge on any atom is 0.416 e. The SMILES string of the molecule is CCOc1ccc(NC(=O)CC2S/C(=N\N=C\c3ccc(-c4cccc(C(F)(F)F)c4)o3)N(CCc3ccccc3)C2=O)cc1. The van der Waals surface area contributed by atoms with Gasteiger partial charge in [0.25, 0.3) is 0 Å². The Labute approximate surface area is 262 Å². The number of nitrogens with zero attached hydrogens (tertiary/aromatic N) is 3. The van der Waals surface area contributed by atoms with Crippen molar-refractivity contribution in [3.05, 3.63) is 108 Å². The molecule has 0 radical (unpaired) electrons. The first-order valence-corrected chi connectivity index (χ1v) is 15.0. The topological polar surface area (TPSA) is 96.5 Å². The van der Waals surface area contributed by atoms with Crippen molar-refractivity contribution in [2.45, 2.75) is 31.2 Å². The molecule has 1 aliphatic heterocycles. The van der Waals surface area contributed by atoms with E-state index >= 15 is 0 Å². The highest BCUT2D eigenvalue weighted by atomic mass is 32.2. The molecule has 0 spiro atoms. The summed E-state index contributed by atoms with van der Waals surface area (Å²) in [5.41, 5.74) is 1.11. The molecule has 1 fully saturated rings. The summed E-state index contributed by atoms with van der Waals surface area (Å²) in [6.07, 6.45) is -2.66. The van der Waals surface area contributed by atoms with Crippen LogP contribution in [0.2, 0.25) is 0 Å². The number of nitrogens with one attached hydrogen (secondary N) is 1. The third kappa shape index (κ3) is 8.42. The zero-order valence-electron chi connectivity index (χ0n) is 24.2. The molecule has 1 saturated heterocycles. The first-order chi connectivity index (χ1) is 21.7. The average molecular weight is 635 g/mol. The van der Waals surface area contributed by atoms with Crippen LogP contribution in [0.15, 0.2) is 106 Å². The first-order valence-electron chi connectivity index (χ1n) is 14.1. The van der Waals surface area contributed by atoms with E-state index in [2.05, 4.69) is 15.5 Å². The van der Waals surface area contributed by atoms with Gasteiger partial charge in [-0.2, -0.15) is 18.3 Å². The average Bonchev–Trinajstić information content (AvgIpc) is 3.61. The monoisotopic (exact) mass is 634 g/mol. The van der Waals surface area contributed by atoms with Crippen LogP contribution in [0.4, 0.5) is 18.9 Å². The van der Waals surface area contributed by atoms with E-state index in [9.17, 15) is 22.8 Å². The Morgan fingerprint density at radius 3 is 2.56 bits per heavy atom. The highest BCUT2D eigenvalue weighted by Gasteiger charge is 2.39. The van der Waals surface area contributed by atoms with Crippen LogP contribution in [0.25, 0.3) is 11.3 Å². The number of hydrogen-bond donors (Lipinski definition) is 1. The fourth-order valence-electron chi connectivity index (χ4n) is 4.55. The summed E-state index contributed by atoms with van der Waals surface area (Å²) >= 11 is 1.15. The quantitative estimate of drug-likeness (QED) is 0.138. The number of alkyl halides is 3. The van der Waals surface area contributed by atoms with E-state index in [4.69, 9.17) is 9.15 Å². The number of hydrogen-bond acceptors (Lipinski definition) is 7. The second kappa shape index (κ2) is 14.3.